The van der Waals surface area contributed by atoms with E-state index in [0.29, 0.717) is 11.4 Å². The summed E-state index contributed by atoms with van der Waals surface area (Å²) in [4.78, 5) is 14.4. The minimum absolute atomic E-state index is 0.00322. The molecular weight excluding hydrogens is 364 g/mol. The fourth-order valence-electron chi connectivity index (χ4n) is 3.86. The summed E-state index contributed by atoms with van der Waals surface area (Å²) in [5.41, 5.74) is 0.996. The van der Waals surface area contributed by atoms with Crippen molar-refractivity contribution in [3.63, 3.8) is 0 Å². The third-order valence-corrected chi connectivity index (χ3v) is 6.65. The van der Waals surface area contributed by atoms with E-state index >= 15 is 0 Å². The van der Waals surface area contributed by atoms with E-state index in [2.05, 4.69) is 10.2 Å². The van der Waals surface area contributed by atoms with Gasteiger partial charge in [-0.05, 0) is 30.5 Å². The average Bonchev–Trinajstić information content (AvgIpc) is 2.58. The Morgan fingerprint density at radius 2 is 2.00 bits per heavy atom. The highest BCUT2D eigenvalue weighted by Crippen LogP contribution is 2.41. The van der Waals surface area contributed by atoms with Crippen LogP contribution >= 0.6 is 0 Å². The van der Waals surface area contributed by atoms with E-state index in [9.17, 15) is 13.2 Å². The lowest BCUT2D eigenvalue weighted by Crippen LogP contribution is -2.59. The highest BCUT2D eigenvalue weighted by atomic mass is 32.2. The molecule has 0 aliphatic carbocycles. The number of benzene rings is 1. The minimum Gasteiger partial charge on any atom is -0.370 e. The molecule has 2 saturated heterocycles. The van der Waals surface area contributed by atoms with Crippen LogP contribution in [0.15, 0.2) is 29.2 Å². The Hall–Kier alpha value is -1.44. The van der Waals surface area contributed by atoms with Crippen LogP contribution in [0.4, 0.5) is 0 Å². The first-order valence-corrected chi connectivity index (χ1v) is 11.5. The van der Waals surface area contributed by atoms with Gasteiger partial charge < -0.3 is 10.1 Å². The van der Waals surface area contributed by atoms with Crippen molar-refractivity contribution in [3.8, 4) is 0 Å². The molecule has 0 bridgehead atoms. The molecule has 1 unspecified atom stereocenters. The van der Waals surface area contributed by atoms with Crippen LogP contribution in [-0.4, -0.2) is 56.8 Å². The number of hydrogen-bond donors (Lipinski definition) is 1. The number of carbonyl (C=O) groups is 1. The van der Waals surface area contributed by atoms with Crippen molar-refractivity contribution in [1.82, 2.24) is 10.2 Å². The van der Waals surface area contributed by atoms with Gasteiger partial charge in [0.2, 0.25) is 5.91 Å². The first-order valence-electron chi connectivity index (χ1n) is 9.64. The van der Waals surface area contributed by atoms with Gasteiger partial charge >= 0.3 is 0 Å². The maximum Gasteiger partial charge on any atom is 0.222 e. The molecular formula is C20H30N2O4S. The van der Waals surface area contributed by atoms with E-state index in [1.165, 1.54) is 6.26 Å². The molecule has 6 nitrogen and oxygen atoms in total. The predicted octanol–water partition coefficient (Wildman–Crippen LogP) is 1.99. The predicted molar refractivity (Wildman–Crippen MR) is 104 cm³/mol. The molecule has 0 aromatic heterocycles. The number of piperidine rings is 1. The van der Waals surface area contributed by atoms with Crippen LogP contribution in [-0.2, 0) is 25.9 Å². The van der Waals surface area contributed by atoms with E-state index in [0.717, 1.165) is 44.5 Å². The van der Waals surface area contributed by atoms with Gasteiger partial charge in [0.05, 0.1) is 16.6 Å². The fraction of sp³-hybridized carbons (Fsp3) is 0.650. The summed E-state index contributed by atoms with van der Waals surface area (Å²) in [5.74, 6) is 0.0779. The molecule has 1 amide bonds. The molecule has 150 valence electrons. The molecule has 7 heteroatoms. The maximum absolute atomic E-state index is 11.7. The number of hydrogen-bond acceptors (Lipinski definition) is 5. The molecule has 1 spiro atoms. The summed E-state index contributed by atoms with van der Waals surface area (Å²) in [6.07, 6.45) is 4.33. The third-order valence-electron chi connectivity index (χ3n) is 5.54. The lowest BCUT2D eigenvalue weighted by molar-refractivity contribution is -0.223. The van der Waals surface area contributed by atoms with Crippen LogP contribution in [0.5, 0.6) is 0 Å². The van der Waals surface area contributed by atoms with Gasteiger partial charge in [-0.1, -0.05) is 26.0 Å². The largest absolute Gasteiger partial charge is 0.370 e. The van der Waals surface area contributed by atoms with Crippen LogP contribution in [0.2, 0.25) is 0 Å². The topological polar surface area (TPSA) is 75.7 Å². The summed E-state index contributed by atoms with van der Waals surface area (Å²) in [6, 6.07) is 7.20. The van der Waals surface area contributed by atoms with Crippen molar-refractivity contribution in [3.05, 3.63) is 29.8 Å². The molecule has 1 aromatic carbocycles. The summed E-state index contributed by atoms with van der Waals surface area (Å²) in [7, 11) is -3.17. The number of carbonyl (C=O) groups excluding carboxylic acids is 1. The van der Waals surface area contributed by atoms with Crippen molar-refractivity contribution in [2.24, 2.45) is 5.92 Å². The minimum atomic E-state index is -3.17. The highest BCUT2D eigenvalue weighted by Gasteiger charge is 2.47. The van der Waals surface area contributed by atoms with E-state index in [4.69, 9.17) is 4.74 Å². The number of ether oxygens (including phenoxy) is 1. The number of nitrogens with one attached hydrogen (secondary N) is 1. The van der Waals surface area contributed by atoms with Crippen LogP contribution in [0.1, 0.15) is 38.7 Å². The van der Waals surface area contributed by atoms with Gasteiger partial charge in [0.25, 0.3) is 0 Å². The molecule has 0 saturated carbocycles. The van der Waals surface area contributed by atoms with Crippen molar-refractivity contribution in [2.75, 3.05) is 25.9 Å². The Morgan fingerprint density at radius 3 is 2.59 bits per heavy atom. The van der Waals surface area contributed by atoms with Crippen LogP contribution in [0, 0.1) is 5.92 Å². The smallest absolute Gasteiger partial charge is 0.222 e. The Balaban J connectivity index is 1.45. The van der Waals surface area contributed by atoms with Gasteiger partial charge in [0.1, 0.15) is 0 Å². The molecule has 0 radical (unpaired) electrons. The van der Waals surface area contributed by atoms with Gasteiger partial charge in [0.15, 0.2) is 9.84 Å². The first-order chi connectivity index (χ1) is 12.7. The number of amides is 1. The lowest BCUT2D eigenvalue weighted by Gasteiger charge is -2.52. The number of rotatable bonds is 6. The second-order valence-corrected chi connectivity index (χ2v) is 10.2. The van der Waals surface area contributed by atoms with E-state index in [1.807, 2.05) is 26.0 Å². The standard InChI is InChI=1S/C20H30N2O4S/c1-15(2)19(23)21-13-17-12-20(26-17)7-9-22(10-8-20)14-16-5-4-6-18(11-16)27(3,24)25/h4-6,11,15,17H,7-10,12-14H2,1-3H3,(H,21,23). The number of nitrogens with zero attached hydrogens (tertiary/aromatic N) is 1. The molecule has 1 atom stereocenters. The summed E-state index contributed by atoms with van der Waals surface area (Å²) in [6.45, 7) is 7.01. The Kier molecular flexibility index (Phi) is 5.93. The molecule has 2 aliphatic rings. The van der Waals surface area contributed by atoms with E-state index < -0.39 is 9.84 Å². The molecule has 2 aliphatic heterocycles. The Labute approximate surface area is 162 Å². The van der Waals surface area contributed by atoms with Crippen LogP contribution < -0.4 is 5.32 Å². The molecule has 1 N–H and O–H groups in total. The second kappa shape index (κ2) is 7.89. The average molecular weight is 395 g/mol. The SMILES string of the molecule is CC(C)C(=O)NCC1CC2(CCN(Cc3cccc(S(C)(=O)=O)c3)CC2)O1. The van der Waals surface area contributed by atoms with Gasteiger partial charge in [-0.3, -0.25) is 9.69 Å². The molecule has 2 heterocycles. The maximum atomic E-state index is 11.7. The van der Waals surface area contributed by atoms with Crippen molar-refractivity contribution in [1.29, 1.82) is 0 Å². The normalized spacial score (nSPS) is 22.6. The lowest BCUT2D eigenvalue weighted by atomic mass is 9.80. The zero-order valence-electron chi connectivity index (χ0n) is 16.4. The molecule has 3 rings (SSSR count). The second-order valence-electron chi connectivity index (χ2n) is 8.22. The van der Waals surface area contributed by atoms with Crippen molar-refractivity contribution >= 4 is 15.7 Å². The summed E-state index contributed by atoms with van der Waals surface area (Å²) >= 11 is 0. The number of sulfone groups is 1. The first kappa shape index (κ1) is 20.3. The van der Waals surface area contributed by atoms with E-state index in [1.54, 1.807) is 12.1 Å². The van der Waals surface area contributed by atoms with Gasteiger partial charge in [-0.25, -0.2) is 8.42 Å². The van der Waals surface area contributed by atoms with Crippen LogP contribution in [0.25, 0.3) is 0 Å². The van der Waals surface area contributed by atoms with Gasteiger partial charge in [0, 0.05) is 44.8 Å². The molecule has 1 aromatic rings. The summed E-state index contributed by atoms with van der Waals surface area (Å²) < 4.78 is 29.6. The fourth-order valence-corrected chi connectivity index (χ4v) is 4.56. The molecule has 2 fully saturated rings. The Bertz CT molecular complexity index is 775. The Morgan fingerprint density at radius 1 is 1.33 bits per heavy atom. The van der Waals surface area contributed by atoms with E-state index in [-0.39, 0.29) is 23.5 Å². The summed E-state index contributed by atoms with van der Waals surface area (Å²) in [5, 5.41) is 2.94. The zero-order valence-corrected chi connectivity index (χ0v) is 17.2. The quantitative estimate of drug-likeness (QED) is 0.799. The van der Waals surface area contributed by atoms with Crippen LogP contribution in [0.3, 0.4) is 0 Å². The van der Waals surface area contributed by atoms with Gasteiger partial charge in [-0.15, -0.1) is 0 Å². The highest BCUT2D eigenvalue weighted by molar-refractivity contribution is 7.90. The van der Waals surface area contributed by atoms with Gasteiger partial charge in [-0.2, -0.15) is 0 Å². The third kappa shape index (κ3) is 5.09. The zero-order chi connectivity index (χ0) is 19.7. The van der Waals surface area contributed by atoms with Crippen molar-refractivity contribution < 1.29 is 17.9 Å². The molecule has 27 heavy (non-hydrogen) atoms. The number of likely N-dealkylation sites (tertiary alicyclic amines) is 1. The monoisotopic (exact) mass is 394 g/mol. The van der Waals surface area contributed by atoms with Crippen molar-refractivity contribution in [2.45, 2.75) is 56.3 Å².